The molecule has 8 heteroatoms. The van der Waals surface area contributed by atoms with Gasteiger partial charge in [0.05, 0.1) is 11.9 Å². The molecule has 0 N–H and O–H groups in total. The predicted octanol–water partition coefficient (Wildman–Crippen LogP) is 1.67. The van der Waals surface area contributed by atoms with E-state index in [-0.39, 0.29) is 5.91 Å². The van der Waals surface area contributed by atoms with Crippen LogP contribution < -0.4 is 4.90 Å². The normalized spacial score (nSPS) is 22.6. The van der Waals surface area contributed by atoms with E-state index in [1.165, 1.54) is 0 Å². The summed E-state index contributed by atoms with van der Waals surface area (Å²) in [6.45, 7) is 1.87. The number of amides is 2. The fourth-order valence-electron chi connectivity index (χ4n) is 3.00. The largest absolute Gasteiger partial charge is 0.381 e. The zero-order valence-corrected chi connectivity index (χ0v) is 13.7. The quantitative estimate of drug-likeness (QED) is 0.777. The second-order valence-corrected chi connectivity index (χ2v) is 6.17. The molecular formula is C16H13ClN4O3. The number of aryl methyl sites for hydroxylation is 1. The second kappa shape index (κ2) is 5.17. The highest BCUT2D eigenvalue weighted by atomic mass is 35.5. The number of carbonyl (C=O) groups excluding carboxylic acids is 2. The van der Waals surface area contributed by atoms with Gasteiger partial charge >= 0.3 is 0 Å². The highest BCUT2D eigenvalue weighted by Crippen LogP contribution is 2.35. The third kappa shape index (κ3) is 1.98. The molecule has 0 unspecified atom stereocenters. The van der Waals surface area contributed by atoms with Gasteiger partial charge in [0.15, 0.2) is 0 Å². The smallest absolute Gasteiger partial charge is 0.278 e. The minimum absolute atomic E-state index is 0.355. The van der Waals surface area contributed by atoms with E-state index in [0.29, 0.717) is 22.0 Å². The van der Waals surface area contributed by atoms with Gasteiger partial charge in [-0.15, -0.1) is 0 Å². The Hall–Kier alpha value is -2.67. The van der Waals surface area contributed by atoms with Gasteiger partial charge in [0.2, 0.25) is 12.0 Å². The molecule has 24 heavy (non-hydrogen) atoms. The molecule has 0 saturated carbocycles. The van der Waals surface area contributed by atoms with Crippen LogP contribution in [0.5, 0.6) is 0 Å². The first-order valence-corrected chi connectivity index (χ1v) is 7.73. The fourth-order valence-corrected chi connectivity index (χ4v) is 3.12. The topological polar surface area (TPSA) is 76.8 Å². The van der Waals surface area contributed by atoms with Crippen molar-refractivity contribution in [2.45, 2.75) is 13.0 Å². The minimum Gasteiger partial charge on any atom is -0.381 e. The van der Waals surface area contributed by atoms with Crippen LogP contribution in [0.4, 0.5) is 5.69 Å². The van der Waals surface area contributed by atoms with Gasteiger partial charge in [-0.05, 0) is 31.2 Å². The average molecular weight is 345 g/mol. The average Bonchev–Trinajstić information content (AvgIpc) is 3.20. The Morgan fingerprint density at radius 1 is 1.17 bits per heavy atom. The predicted molar refractivity (Wildman–Crippen MR) is 86.8 cm³/mol. The van der Waals surface area contributed by atoms with E-state index < -0.39 is 17.9 Å². The molecule has 2 atom stereocenters. The number of oxime groups is 1. The molecule has 1 fully saturated rings. The van der Waals surface area contributed by atoms with Crippen LogP contribution in [0.15, 0.2) is 35.6 Å². The molecule has 1 aromatic heterocycles. The number of hydrogen-bond acceptors (Lipinski definition) is 5. The van der Waals surface area contributed by atoms with E-state index in [1.807, 2.05) is 6.92 Å². The van der Waals surface area contributed by atoms with Gasteiger partial charge in [0, 0.05) is 23.3 Å². The van der Waals surface area contributed by atoms with Gasteiger partial charge in [-0.3, -0.25) is 14.3 Å². The molecule has 0 radical (unpaired) electrons. The van der Waals surface area contributed by atoms with Crippen molar-refractivity contribution >= 4 is 34.8 Å². The van der Waals surface area contributed by atoms with E-state index in [4.69, 9.17) is 16.4 Å². The van der Waals surface area contributed by atoms with Crippen LogP contribution in [0, 0.1) is 12.8 Å². The Labute approximate surface area is 142 Å². The van der Waals surface area contributed by atoms with E-state index in [9.17, 15) is 9.59 Å². The van der Waals surface area contributed by atoms with Crippen molar-refractivity contribution in [1.82, 2.24) is 9.78 Å². The molecule has 0 spiro atoms. The first-order valence-electron chi connectivity index (χ1n) is 7.35. The number of carbonyl (C=O) groups is 2. The van der Waals surface area contributed by atoms with Gasteiger partial charge < -0.3 is 4.84 Å². The van der Waals surface area contributed by atoms with E-state index in [2.05, 4.69) is 10.3 Å². The Morgan fingerprint density at radius 2 is 1.88 bits per heavy atom. The summed E-state index contributed by atoms with van der Waals surface area (Å²) < 4.78 is 1.68. The summed E-state index contributed by atoms with van der Waals surface area (Å²) in [5.74, 6) is -1.53. The highest BCUT2D eigenvalue weighted by molar-refractivity contribution is 6.33. The van der Waals surface area contributed by atoms with Crippen molar-refractivity contribution in [3.63, 3.8) is 0 Å². The Bertz CT molecular complexity index is 887. The van der Waals surface area contributed by atoms with Crippen LogP contribution in [-0.2, 0) is 21.5 Å². The zero-order chi connectivity index (χ0) is 17.0. The summed E-state index contributed by atoms with van der Waals surface area (Å²) in [6.07, 6.45) is 0.700. The first-order chi connectivity index (χ1) is 11.5. The maximum atomic E-state index is 12.9. The molecule has 122 valence electrons. The Morgan fingerprint density at radius 3 is 2.50 bits per heavy atom. The van der Waals surface area contributed by atoms with Crippen LogP contribution in [0.25, 0.3) is 0 Å². The van der Waals surface area contributed by atoms with Crippen LogP contribution >= 0.6 is 11.6 Å². The van der Waals surface area contributed by atoms with E-state index >= 15 is 0 Å². The SMILES string of the molecule is Cc1c(C2=NO[C@H]3C(=O)N(c4ccc(Cl)cc4)C(=O)[C@H]23)cnn1C. The third-order valence-corrected chi connectivity index (χ3v) is 4.66. The van der Waals surface area contributed by atoms with Gasteiger partial charge in [-0.25, -0.2) is 4.90 Å². The standard InChI is InChI=1S/C16H13ClN4O3/c1-8-11(7-18-20(8)2)13-12-14(24-19-13)16(23)21(15(12)22)10-5-3-9(17)4-6-10/h3-7,12,14H,1-2H3/t12-,14-/m1/s1. The fraction of sp³-hybridized carbons (Fsp3) is 0.250. The number of benzene rings is 1. The molecule has 1 aromatic carbocycles. The van der Waals surface area contributed by atoms with Crippen molar-refractivity contribution in [2.75, 3.05) is 4.90 Å². The van der Waals surface area contributed by atoms with Crippen LogP contribution in [-0.4, -0.2) is 33.4 Å². The summed E-state index contributed by atoms with van der Waals surface area (Å²) in [7, 11) is 1.80. The molecule has 2 aliphatic rings. The number of rotatable bonds is 2. The van der Waals surface area contributed by atoms with Crippen molar-refractivity contribution < 1.29 is 14.4 Å². The summed E-state index contributed by atoms with van der Waals surface area (Å²) in [5.41, 5.74) is 2.47. The number of hydrogen-bond donors (Lipinski definition) is 0. The maximum Gasteiger partial charge on any atom is 0.278 e. The van der Waals surface area contributed by atoms with Crippen LogP contribution in [0.2, 0.25) is 5.02 Å². The number of fused-ring (bicyclic) bond motifs is 1. The molecule has 7 nitrogen and oxygen atoms in total. The van der Waals surface area contributed by atoms with Gasteiger partial charge in [0.1, 0.15) is 11.6 Å². The summed E-state index contributed by atoms with van der Waals surface area (Å²) in [4.78, 5) is 31.9. The van der Waals surface area contributed by atoms with Crippen molar-refractivity contribution in [3.8, 4) is 0 Å². The van der Waals surface area contributed by atoms with Crippen molar-refractivity contribution in [2.24, 2.45) is 18.1 Å². The highest BCUT2D eigenvalue weighted by Gasteiger charge is 2.56. The zero-order valence-electron chi connectivity index (χ0n) is 12.9. The van der Waals surface area contributed by atoms with Gasteiger partial charge in [-0.1, -0.05) is 16.8 Å². The molecule has 3 heterocycles. The lowest BCUT2D eigenvalue weighted by Crippen LogP contribution is -2.33. The lowest BCUT2D eigenvalue weighted by Gasteiger charge is -2.15. The lowest BCUT2D eigenvalue weighted by molar-refractivity contribution is -0.126. The van der Waals surface area contributed by atoms with Crippen LogP contribution in [0.1, 0.15) is 11.3 Å². The summed E-state index contributed by atoms with van der Waals surface area (Å²) >= 11 is 5.87. The first kappa shape index (κ1) is 14.9. The molecule has 0 bridgehead atoms. The monoisotopic (exact) mass is 344 g/mol. The van der Waals surface area contributed by atoms with Gasteiger partial charge in [0.25, 0.3) is 5.91 Å². The summed E-state index contributed by atoms with van der Waals surface area (Å²) in [6, 6.07) is 6.52. The molecule has 1 saturated heterocycles. The number of imide groups is 1. The van der Waals surface area contributed by atoms with E-state index in [0.717, 1.165) is 10.6 Å². The molecule has 0 aliphatic carbocycles. The number of nitrogens with zero attached hydrogens (tertiary/aromatic N) is 4. The Balaban J connectivity index is 1.72. The Kier molecular flexibility index (Phi) is 3.21. The number of anilines is 1. The maximum absolute atomic E-state index is 12.9. The minimum atomic E-state index is -0.928. The molecule has 4 rings (SSSR count). The third-order valence-electron chi connectivity index (χ3n) is 4.41. The summed E-state index contributed by atoms with van der Waals surface area (Å²) in [5, 5.41) is 8.67. The molecular weight excluding hydrogens is 332 g/mol. The second-order valence-electron chi connectivity index (χ2n) is 5.74. The van der Waals surface area contributed by atoms with E-state index in [1.54, 1.807) is 42.2 Å². The van der Waals surface area contributed by atoms with Gasteiger partial charge in [-0.2, -0.15) is 5.10 Å². The van der Waals surface area contributed by atoms with Crippen LogP contribution in [0.3, 0.4) is 0 Å². The number of halogens is 1. The van der Waals surface area contributed by atoms with Crippen molar-refractivity contribution in [1.29, 1.82) is 0 Å². The molecule has 2 aromatic rings. The lowest BCUT2D eigenvalue weighted by atomic mass is 9.94. The molecule has 2 aliphatic heterocycles. The molecule has 2 amide bonds. The van der Waals surface area contributed by atoms with Crippen molar-refractivity contribution in [3.05, 3.63) is 46.7 Å². The number of aromatic nitrogens is 2.